The van der Waals surface area contributed by atoms with E-state index in [1.807, 2.05) is 6.92 Å². The van der Waals surface area contributed by atoms with Crippen LogP contribution in [0.2, 0.25) is 5.02 Å². The number of amides is 1. The molecule has 6 heteroatoms. The van der Waals surface area contributed by atoms with Gasteiger partial charge in [0.25, 0.3) is 5.91 Å². The van der Waals surface area contributed by atoms with E-state index in [4.69, 9.17) is 11.6 Å². The molecule has 0 aliphatic carbocycles. The first-order valence-corrected chi connectivity index (χ1v) is 4.97. The molecule has 0 unspecified atom stereocenters. The Morgan fingerprint density at radius 3 is 3.00 bits per heavy atom. The fourth-order valence-corrected chi connectivity index (χ4v) is 1.45. The number of halogens is 1. The average Bonchev–Trinajstić information content (AvgIpc) is 2.74. The summed E-state index contributed by atoms with van der Waals surface area (Å²) in [5, 5.41) is 9.28. The van der Waals surface area contributed by atoms with Gasteiger partial charge in [-0.1, -0.05) is 17.7 Å². The lowest BCUT2D eigenvalue weighted by molar-refractivity contribution is 0.102. The maximum absolute atomic E-state index is 11.8. The van der Waals surface area contributed by atoms with Crippen LogP contribution in [0.5, 0.6) is 0 Å². The van der Waals surface area contributed by atoms with Crippen molar-refractivity contribution in [2.45, 2.75) is 6.92 Å². The largest absolute Gasteiger partial charge is 0.291 e. The van der Waals surface area contributed by atoms with Crippen LogP contribution in [0.1, 0.15) is 15.9 Å². The maximum Gasteiger partial charge on any atom is 0.258 e. The molecule has 1 heterocycles. The van der Waals surface area contributed by atoms with Crippen LogP contribution in [0, 0.1) is 6.92 Å². The average molecular weight is 237 g/mol. The molecule has 0 bridgehead atoms. The van der Waals surface area contributed by atoms with Gasteiger partial charge in [0.15, 0.2) is 0 Å². The van der Waals surface area contributed by atoms with Crippen LogP contribution in [0.25, 0.3) is 0 Å². The SMILES string of the molecule is Cc1ccc(Cl)cc1C(=O)Nc1ncn[nH]1. The van der Waals surface area contributed by atoms with E-state index in [0.717, 1.165) is 5.56 Å². The summed E-state index contributed by atoms with van der Waals surface area (Å²) >= 11 is 5.83. The van der Waals surface area contributed by atoms with Crippen molar-refractivity contribution < 1.29 is 4.79 Å². The van der Waals surface area contributed by atoms with E-state index >= 15 is 0 Å². The molecule has 0 saturated carbocycles. The van der Waals surface area contributed by atoms with Crippen LogP contribution < -0.4 is 5.32 Å². The Morgan fingerprint density at radius 1 is 1.50 bits per heavy atom. The second-order valence-corrected chi connectivity index (χ2v) is 3.68. The zero-order valence-corrected chi connectivity index (χ0v) is 9.25. The van der Waals surface area contributed by atoms with E-state index in [1.165, 1.54) is 6.33 Å². The van der Waals surface area contributed by atoms with E-state index in [0.29, 0.717) is 16.5 Å². The molecule has 5 nitrogen and oxygen atoms in total. The van der Waals surface area contributed by atoms with Gasteiger partial charge in [-0.15, -0.1) is 0 Å². The van der Waals surface area contributed by atoms with E-state index in [-0.39, 0.29) is 5.91 Å². The number of hydrogen-bond donors (Lipinski definition) is 2. The van der Waals surface area contributed by atoms with Crippen LogP contribution in [0.4, 0.5) is 5.95 Å². The van der Waals surface area contributed by atoms with Crippen molar-refractivity contribution in [3.05, 3.63) is 40.7 Å². The Balaban J connectivity index is 2.24. The number of carbonyl (C=O) groups is 1. The molecule has 82 valence electrons. The van der Waals surface area contributed by atoms with Gasteiger partial charge in [-0.05, 0) is 24.6 Å². The Labute approximate surface area is 96.8 Å². The summed E-state index contributed by atoms with van der Waals surface area (Å²) in [6, 6.07) is 5.14. The third-order valence-electron chi connectivity index (χ3n) is 2.09. The number of hydrogen-bond acceptors (Lipinski definition) is 3. The Kier molecular flexibility index (Phi) is 2.87. The fourth-order valence-electron chi connectivity index (χ4n) is 1.28. The van der Waals surface area contributed by atoms with Gasteiger partial charge < -0.3 is 0 Å². The van der Waals surface area contributed by atoms with E-state index in [1.54, 1.807) is 18.2 Å². The molecule has 1 aromatic carbocycles. The predicted molar refractivity (Wildman–Crippen MR) is 60.5 cm³/mol. The van der Waals surface area contributed by atoms with Crippen LogP contribution >= 0.6 is 11.6 Å². The normalized spacial score (nSPS) is 10.1. The molecule has 2 N–H and O–H groups in total. The zero-order chi connectivity index (χ0) is 11.5. The number of rotatable bonds is 2. The van der Waals surface area contributed by atoms with Crippen LogP contribution in [-0.4, -0.2) is 21.1 Å². The van der Waals surface area contributed by atoms with Crippen molar-refractivity contribution in [3.63, 3.8) is 0 Å². The lowest BCUT2D eigenvalue weighted by atomic mass is 10.1. The number of nitrogens with zero attached hydrogens (tertiary/aromatic N) is 2. The number of carbonyl (C=O) groups excluding carboxylic acids is 1. The first-order valence-electron chi connectivity index (χ1n) is 4.59. The van der Waals surface area contributed by atoms with Crippen molar-refractivity contribution in [3.8, 4) is 0 Å². The van der Waals surface area contributed by atoms with Gasteiger partial charge in [0.1, 0.15) is 6.33 Å². The number of H-pyrrole nitrogens is 1. The summed E-state index contributed by atoms with van der Waals surface area (Å²) in [5.74, 6) is 0.0427. The molecule has 0 spiro atoms. The quantitative estimate of drug-likeness (QED) is 0.838. The highest BCUT2D eigenvalue weighted by molar-refractivity contribution is 6.31. The van der Waals surface area contributed by atoms with Gasteiger partial charge in [-0.2, -0.15) is 10.1 Å². The number of aromatic nitrogens is 3. The standard InChI is InChI=1S/C10H9ClN4O/c1-6-2-3-7(11)4-8(6)9(16)14-10-12-5-13-15-10/h2-5H,1H3,(H2,12,13,14,15,16). The van der Waals surface area contributed by atoms with Crippen LogP contribution in [0.15, 0.2) is 24.5 Å². The topological polar surface area (TPSA) is 70.7 Å². The summed E-state index contributed by atoms with van der Waals surface area (Å²) in [7, 11) is 0. The zero-order valence-electron chi connectivity index (χ0n) is 8.49. The minimum atomic E-state index is -0.267. The number of aromatic amines is 1. The van der Waals surface area contributed by atoms with Gasteiger partial charge >= 0.3 is 0 Å². The molecule has 0 saturated heterocycles. The minimum Gasteiger partial charge on any atom is -0.291 e. The summed E-state index contributed by atoms with van der Waals surface area (Å²) in [6.07, 6.45) is 1.32. The lowest BCUT2D eigenvalue weighted by Crippen LogP contribution is -2.14. The molecule has 0 atom stereocenters. The highest BCUT2D eigenvalue weighted by Crippen LogP contribution is 2.16. The van der Waals surface area contributed by atoms with Gasteiger partial charge in [-0.3, -0.25) is 10.1 Å². The van der Waals surface area contributed by atoms with Crippen LogP contribution in [-0.2, 0) is 0 Å². The highest BCUT2D eigenvalue weighted by atomic mass is 35.5. The van der Waals surface area contributed by atoms with E-state index in [2.05, 4.69) is 20.5 Å². The molecular weight excluding hydrogens is 228 g/mol. The highest BCUT2D eigenvalue weighted by Gasteiger charge is 2.10. The number of anilines is 1. The summed E-state index contributed by atoms with van der Waals surface area (Å²) in [4.78, 5) is 15.6. The minimum absolute atomic E-state index is 0.267. The van der Waals surface area contributed by atoms with Gasteiger partial charge in [0, 0.05) is 10.6 Å². The lowest BCUT2D eigenvalue weighted by Gasteiger charge is -2.05. The van der Waals surface area contributed by atoms with Crippen LogP contribution in [0.3, 0.4) is 0 Å². The summed E-state index contributed by atoms with van der Waals surface area (Å²) in [6.45, 7) is 1.84. The van der Waals surface area contributed by atoms with E-state index in [9.17, 15) is 4.79 Å². The number of nitrogens with one attached hydrogen (secondary N) is 2. The van der Waals surface area contributed by atoms with Gasteiger partial charge in [0.2, 0.25) is 5.95 Å². The molecule has 1 aromatic heterocycles. The molecule has 0 aliphatic rings. The van der Waals surface area contributed by atoms with Crippen molar-refractivity contribution in [2.24, 2.45) is 0 Å². The van der Waals surface area contributed by atoms with Crippen molar-refractivity contribution in [1.82, 2.24) is 15.2 Å². The summed E-state index contributed by atoms with van der Waals surface area (Å²) < 4.78 is 0. The molecule has 2 aromatic rings. The smallest absolute Gasteiger partial charge is 0.258 e. The van der Waals surface area contributed by atoms with Crippen molar-refractivity contribution in [1.29, 1.82) is 0 Å². The maximum atomic E-state index is 11.8. The van der Waals surface area contributed by atoms with E-state index < -0.39 is 0 Å². The Morgan fingerprint density at radius 2 is 2.31 bits per heavy atom. The Bertz CT molecular complexity index is 510. The second-order valence-electron chi connectivity index (χ2n) is 3.25. The first-order chi connectivity index (χ1) is 7.66. The molecule has 16 heavy (non-hydrogen) atoms. The monoisotopic (exact) mass is 236 g/mol. The number of aryl methyl sites for hydroxylation is 1. The first kappa shape index (κ1) is 10.6. The molecule has 0 radical (unpaired) electrons. The third-order valence-corrected chi connectivity index (χ3v) is 2.33. The van der Waals surface area contributed by atoms with Crippen molar-refractivity contribution in [2.75, 3.05) is 5.32 Å². The Hall–Kier alpha value is -1.88. The molecule has 2 rings (SSSR count). The fraction of sp³-hybridized carbons (Fsp3) is 0.100. The third kappa shape index (κ3) is 2.20. The molecule has 1 amide bonds. The molecule has 0 fully saturated rings. The second kappa shape index (κ2) is 4.32. The number of benzene rings is 1. The summed E-state index contributed by atoms with van der Waals surface area (Å²) in [5.41, 5.74) is 1.37. The molecule has 0 aliphatic heterocycles. The van der Waals surface area contributed by atoms with Crippen molar-refractivity contribution >= 4 is 23.5 Å². The predicted octanol–water partition coefficient (Wildman–Crippen LogP) is 2.02. The molecular formula is C10H9ClN4O. The van der Waals surface area contributed by atoms with Gasteiger partial charge in [0.05, 0.1) is 0 Å². The van der Waals surface area contributed by atoms with Gasteiger partial charge in [-0.25, -0.2) is 5.10 Å².